The molecule has 4 rings (SSSR count). The van der Waals surface area contributed by atoms with Gasteiger partial charge in [-0.25, -0.2) is 0 Å². The monoisotopic (exact) mass is 455 g/mol. The van der Waals surface area contributed by atoms with E-state index < -0.39 is 17.5 Å². The highest BCUT2D eigenvalue weighted by atomic mass is 35.5. The molecule has 9 nitrogen and oxygen atoms in total. The molecule has 3 aliphatic heterocycles. The van der Waals surface area contributed by atoms with E-state index in [1.54, 1.807) is 0 Å². The molecule has 4 aliphatic rings. The van der Waals surface area contributed by atoms with Crippen molar-refractivity contribution < 1.29 is 9.59 Å². The molecule has 0 aromatic rings. The summed E-state index contributed by atoms with van der Waals surface area (Å²) < 4.78 is 0. The van der Waals surface area contributed by atoms with Crippen molar-refractivity contribution in [3.05, 3.63) is 0 Å². The number of hydrogen-bond acceptors (Lipinski definition) is 8. The van der Waals surface area contributed by atoms with Crippen molar-refractivity contribution in [2.45, 2.75) is 87.4 Å². The van der Waals surface area contributed by atoms with E-state index in [1.807, 2.05) is 0 Å². The normalized spacial score (nSPS) is 42.6. The maximum Gasteiger partial charge on any atom is 0.237 e. The molecule has 10 heteroatoms. The molecule has 176 valence electrons. The van der Waals surface area contributed by atoms with Crippen LogP contribution >= 0.6 is 11.6 Å². The number of Topliss-reactive ketones (excluding diaryl/α,β-unsaturated/α-hetero) is 1. The van der Waals surface area contributed by atoms with Gasteiger partial charge in [-0.2, -0.15) is 0 Å². The van der Waals surface area contributed by atoms with Gasteiger partial charge >= 0.3 is 0 Å². The molecule has 0 aromatic heterocycles. The Labute approximate surface area is 189 Å². The standard InChI is InChI=1S/C21H38ClN7O2/c1-12-10-13(2-3-16(12)29-8-5-15(30)6-9-29)25-20-17(19(23)31)27-18(22)21(28-20)26-14-4-7-24-11-14/h12-14,16-18,20-21,24-28H,2-11H2,1H3,(H2,23,31)/t12?,13?,14-,16?,17?,18?,20?,21?/m1/s1. The third kappa shape index (κ3) is 5.76. The summed E-state index contributed by atoms with van der Waals surface area (Å²) in [4.78, 5) is 26.2. The van der Waals surface area contributed by atoms with E-state index in [2.05, 4.69) is 38.4 Å². The maximum atomic E-state index is 12.1. The van der Waals surface area contributed by atoms with Crippen molar-refractivity contribution in [1.82, 2.24) is 31.5 Å². The van der Waals surface area contributed by atoms with Crippen molar-refractivity contribution in [2.24, 2.45) is 11.7 Å². The van der Waals surface area contributed by atoms with E-state index in [9.17, 15) is 9.59 Å². The fourth-order valence-corrected chi connectivity index (χ4v) is 6.03. The second-order valence-electron chi connectivity index (χ2n) is 9.72. The van der Waals surface area contributed by atoms with Gasteiger partial charge in [-0.15, -0.1) is 11.6 Å². The average molecular weight is 456 g/mol. The molecule has 4 fully saturated rings. The van der Waals surface area contributed by atoms with E-state index >= 15 is 0 Å². The summed E-state index contributed by atoms with van der Waals surface area (Å²) in [5, 5.41) is 17.3. The Morgan fingerprint density at radius 1 is 1.10 bits per heavy atom. The Kier molecular flexibility index (Phi) is 7.85. The van der Waals surface area contributed by atoms with Crippen LogP contribution in [0.25, 0.3) is 0 Å². The number of ketones is 1. The summed E-state index contributed by atoms with van der Waals surface area (Å²) in [6.07, 6.45) is 5.18. The number of likely N-dealkylation sites (tertiary alicyclic amines) is 1. The van der Waals surface area contributed by atoms with Gasteiger partial charge < -0.3 is 11.1 Å². The lowest BCUT2D eigenvalue weighted by molar-refractivity contribution is -0.123. The molecule has 7 N–H and O–H groups in total. The van der Waals surface area contributed by atoms with Gasteiger partial charge in [0.25, 0.3) is 0 Å². The molecule has 8 atom stereocenters. The number of piperazine rings is 1. The topological polar surface area (TPSA) is 124 Å². The molecule has 3 saturated heterocycles. The Morgan fingerprint density at radius 2 is 1.84 bits per heavy atom. The summed E-state index contributed by atoms with van der Waals surface area (Å²) in [6, 6.07) is 0.633. The van der Waals surface area contributed by atoms with Crippen LogP contribution in [0.15, 0.2) is 0 Å². The highest BCUT2D eigenvalue weighted by Crippen LogP contribution is 2.30. The quantitative estimate of drug-likeness (QED) is 0.223. The molecule has 1 aliphatic carbocycles. The minimum Gasteiger partial charge on any atom is -0.368 e. The molecule has 0 bridgehead atoms. The summed E-state index contributed by atoms with van der Waals surface area (Å²) in [5.74, 6) is 0.514. The number of alkyl halides is 1. The fraction of sp³-hybridized carbons (Fsp3) is 0.905. The van der Waals surface area contributed by atoms with Gasteiger partial charge in [0.15, 0.2) is 0 Å². The first-order valence-corrected chi connectivity index (χ1v) is 12.3. The van der Waals surface area contributed by atoms with Crippen LogP contribution in [0.4, 0.5) is 0 Å². The Balaban J connectivity index is 1.33. The van der Waals surface area contributed by atoms with E-state index in [-0.39, 0.29) is 12.3 Å². The van der Waals surface area contributed by atoms with E-state index in [0.29, 0.717) is 42.7 Å². The highest BCUT2D eigenvalue weighted by Gasteiger charge is 2.41. The van der Waals surface area contributed by atoms with Crippen molar-refractivity contribution in [1.29, 1.82) is 0 Å². The molecule has 1 amide bonds. The van der Waals surface area contributed by atoms with Gasteiger partial charge in [-0.05, 0) is 38.1 Å². The average Bonchev–Trinajstić information content (AvgIpc) is 3.24. The summed E-state index contributed by atoms with van der Waals surface area (Å²) in [5.41, 5.74) is 5.26. The number of primary amides is 1. The molecule has 31 heavy (non-hydrogen) atoms. The minimum absolute atomic E-state index is 0.153. The molecule has 0 aromatic carbocycles. The van der Waals surface area contributed by atoms with Gasteiger partial charge in [0.1, 0.15) is 17.3 Å². The van der Waals surface area contributed by atoms with Gasteiger partial charge in [0.2, 0.25) is 5.91 Å². The summed E-state index contributed by atoms with van der Waals surface area (Å²) in [6.45, 7) is 6.01. The van der Waals surface area contributed by atoms with Crippen LogP contribution < -0.4 is 32.3 Å². The summed E-state index contributed by atoms with van der Waals surface area (Å²) >= 11 is 6.52. The van der Waals surface area contributed by atoms with Crippen LogP contribution in [0.2, 0.25) is 0 Å². The Bertz CT molecular complexity index is 637. The lowest BCUT2D eigenvalue weighted by Gasteiger charge is -2.46. The number of nitrogens with zero attached hydrogens (tertiary/aromatic N) is 1. The number of piperidine rings is 1. The lowest BCUT2D eigenvalue weighted by atomic mass is 9.81. The molecular weight excluding hydrogens is 418 g/mol. The fourth-order valence-electron chi connectivity index (χ4n) is 5.75. The molecule has 0 spiro atoms. The smallest absolute Gasteiger partial charge is 0.237 e. The van der Waals surface area contributed by atoms with Crippen LogP contribution in [0.1, 0.15) is 45.4 Å². The largest absolute Gasteiger partial charge is 0.368 e. The van der Waals surface area contributed by atoms with Gasteiger partial charge in [-0.1, -0.05) is 6.92 Å². The number of rotatable bonds is 6. The lowest BCUT2D eigenvalue weighted by Crippen LogP contribution is -2.76. The summed E-state index contributed by atoms with van der Waals surface area (Å²) in [7, 11) is 0. The number of amides is 1. The van der Waals surface area contributed by atoms with Crippen LogP contribution in [0.3, 0.4) is 0 Å². The number of carbonyl (C=O) groups is 2. The predicted molar refractivity (Wildman–Crippen MR) is 120 cm³/mol. The van der Waals surface area contributed by atoms with E-state index in [0.717, 1.165) is 51.9 Å². The maximum absolute atomic E-state index is 12.1. The van der Waals surface area contributed by atoms with Crippen molar-refractivity contribution in [3.63, 3.8) is 0 Å². The second-order valence-corrected chi connectivity index (χ2v) is 10.2. The molecule has 3 heterocycles. The van der Waals surface area contributed by atoms with Gasteiger partial charge in [0.05, 0.1) is 12.3 Å². The third-order valence-electron chi connectivity index (χ3n) is 7.47. The Hall–Kier alpha value is -0.810. The number of hydrogen-bond donors (Lipinski definition) is 6. The van der Waals surface area contributed by atoms with Gasteiger partial charge in [-0.3, -0.25) is 35.8 Å². The zero-order valence-electron chi connectivity index (χ0n) is 18.4. The Morgan fingerprint density at radius 3 is 2.48 bits per heavy atom. The molecule has 7 unspecified atom stereocenters. The highest BCUT2D eigenvalue weighted by molar-refractivity contribution is 6.21. The second kappa shape index (κ2) is 10.4. The number of nitrogens with one attached hydrogen (secondary N) is 5. The van der Waals surface area contributed by atoms with E-state index in [4.69, 9.17) is 17.3 Å². The van der Waals surface area contributed by atoms with Crippen molar-refractivity contribution in [3.8, 4) is 0 Å². The van der Waals surface area contributed by atoms with Crippen molar-refractivity contribution in [2.75, 3.05) is 26.2 Å². The molecule has 0 radical (unpaired) electrons. The first-order chi connectivity index (χ1) is 14.9. The SMILES string of the molecule is CC1CC(NC2NC(N[C@@H]3CCNC3)C(Cl)NC2C(N)=O)CCC1N1CCC(=O)CC1. The zero-order chi connectivity index (χ0) is 22.0. The number of nitrogens with two attached hydrogens (primary N) is 1. The molecule has 1 saturated carbocycles. The molecular formula is C21H38ClN7O2. The van der Waals surface area contributed by atoms with Crippen LogP contribution in [0.5, 0.6) is 0 Å². The van der Waals surface area contributed by atoms with Crippen LogP contribution in [0, 0.1) is 5.92 Å². The zero-order valence-corrected chi connectivity index (χ0v) is 19.2. The van der Waals surface area contributed by atoms with E-state index in [1.165, 1.54) is 0 Å². The number of halogens is 1. The minimum atomic E-state index is -0.566. The van der Waals surface area contributed by atoms with Crippen molar-refractivity contribution >= 4 is 23.3 Å². The first kappa shape index (κ1) is 23.4. The third-order valence-corrected chi connectivity index (χ3v) is 7.85. The first-order valence-electron chi connectivity index (χ1n) is 11.8. The predicted octanol–water partition coefficient (Wildman–Crippen LogP) is -0.987. The van der Waals surface area contributed by atoms with Crippen LogP contribution in [-0.4, -0.2) is 84.8 Å². The van der Waals surface area contributed by atoms with Gasteiger partial charge in [0, 0.05) is 50.6 Å². The number of carbonyl (C=O) groups excluding carboxylic acids is 2. The van der Waals surface area contributed by atoms with Crippen LogP contribution in [-0.2, 0) is 9.59 Å².